The lowest BCUT2D eigenvalue weighted by Gasteiger charge is -2.24. The van der Waals surface area contributed by atoms with Crippen LogP contribution in [0, 0.1) is 0 Å². The zero-order valence-corrected chi connectivity index (χ0v) is 26.1. The van der Waals surface area contributed by atoms with Crippen molar-refractivity contribution in [3.63, 3.8) is 0 Å². The molecule has 0 unspecified atom stereocenters. The van der Waals surface area contributed by atoms with E-state index in [0.29, 0.717) is 11.4 Å². The van der Waals surface area contributed by atoms with Gasteiger partial charge in [0.1, 0.15) is 4.90 Å². The molecule has 0 radical (unpaired) electrons. The molecule has 0 bridgehead atoms. The van der Waals surface area contributed by atoms with Crippen LogP contribution in [0.2, 0.25) is 0 Å². The van der Waals surface area contributed by atoms with Crippen LogP contribution in [0.15, 0.2) is 127 Å². The fourth-order valence-corrected chi connectivity index (χ4v) is 5.73. The molecule has 14 heteroatoms. The van der Waals surface area contributed by atoms with Crippen molar-refractivity contribution < 1.29 is 25.9 Å². The minimum atomic E-state index is -4.79. The maximum Gasteiger partial charge on any atom is 0.295 e. The largest absolute Gasteiger partial charge is 0.378 e. The lowest BCUT2D eigenvalue weighted by molar-refractivity contribution is 0.467. The van der Waals surface area contributed by atoms with Gasteiger partial charge in [-0.15, -0.1) is 0 Å². The molecular weight excluding hydrogens is 605 g/mol. The molecule has 0 atom stereocenters. The molecule has 44 heavy (non-hydrogen) atoms. The fraction of sp³-hybridized carbons (Fsp3) is 0.200. The van der Waals surface area contributed by atoms with E-state index in [9.17, 15) is 25.9 Å². The third kappa shape index (κ3) is 8.11. The number of azo groups is 2. The van der Waals surface area contributed by atoms with Crippen LogP contribution in [-0.2, 0) is 20.2 Å². The monoisotopic (exact) mass is 636 g/mol. The molecule has 0 saturated carbocycles. The Morgan fingerprint density at radius 3 is 1.66 bits per heavy atom. The quantitative estimate of drug-likeness (QED) is 0.189. The van der Waals surface area contributed by atoms with Crippen LogP contribution in [-0.4, -0.2) is 59.8 Å². The first-order valence-corrected chi connectivity index (χ1v) is 16.1. The molecule has 12 nitrogen and oxygen atoms in total. The summed E-state index contributed by atoms with van der Waals surface area (Å²) in [5.41, 5.74) is 1.39. The zero-order chi connectivity index (χ0) is 32.1. The first-order chi connectivity index (χ1) is 20.7. The standard InChI is InChI=1S/C30H32N6O6S2/c1-35(2)26-15-11-24(12-16-26)31-33-30(34-32-25-13-17-27(18-14-25)36(3)4)20-19-23(29(21-30)44(40,41)42)10-9-22-7-5-6-8-28(22)43(37,38)39/h5-20H,21H2,1-4H3,(H,37,38,39)(H,40,41,42). The third-order valence-corrected chi connectivity index (χ3v) is 8.56. The number of rotatable bonds is 10. The van der Waals surface area contributed by atoms with Crippen LogP contribution in [0.1, 0.15) is 12.0 Å². The van der Waals surface area contributed by atoms with E-state index < -0.39 is 37.2 Å². The molecule has 230 valence electrons. The Kier molecular flexibility index (Phi) is 9.59. The minimum Gasteiger partial charge on any atom is -0.378 e. The van der Waals surface area contributed by atoms with E-state index >= 15 is 0 Å². The van der Waals surface area contributed by atoms with Gasteiger partial charge in [0.15, 0.2) is 0 Å². The summed E-state index contributed by atoms with van der Waals surface area (Å²) in [6, 6.07) is 20.0. The molecular formula is C30H32N6O6S2. The molecule has 0 amide bonds. The Labute approximate surface area is 257 Å². The highest BCUT2D eigenvalue weighted by Gasteiger charge is 2.37. The summed E-state index contributed by atoms with van der Waals surface area (Å²) in [4.78, 5) is 3.07. The fourth-order valence-electron chi connectivity index (χ4n) is 4.22. The third-order valence-electron chi connectivity index (χ3n) is 6.63. The normalized spacial score (nSPS) is 17.7. The van der Waals surface area contributed by atoms with Crippen LogP contribution in [0.25, 0.3) is 6.08 Å². The van der Waals surface area contributed by atoms with Crippen molar-refractivity contribution in [2.24, 2.45) is 20.5 Å². The van der Waals surface area contributed by atoms with Crippen molar-refractivity contribution in [1.82, 2.24) is 0 Å². The highest BCUT2D eigenvalue weighted by Crippen LogP contribution is 2.37. The topological polar surface area (TPSA) is 165 Å². The molecule has 1 aliphatic carbocycles. The van der Waals surface area contributed by atoms with Crippen molar-refractivity contribution in [3.05, 3.63) is 107 Å². The van der Waals surface area contributed by atoms with Crippen molar-refractivity contribution in [1.29, 1.82) is 0 Å². The number of anilines is 2. The van der Waals surface area contributed by atoms with Crippen molar-refractivity contribution >= 4 is 49.1 Å². The van der Waals surface area contributed by atoms with Crippen molar-refractivity contribution in [2.45, 2.75) is 17.0 Å². The zero-order valence-electron chi connectivity index (χ0n) is 24.5. The second-order valence-electron chi connectivity index (χ2n) is 10.3. The molecule has 4 rings (SSSR count). The predicted octanol–water partition coefficient (Wildman–Crippen LogP) is 6.44. The maximum absolute atomic E-state index is 12.6. The highest BCUT2D eigenvalue weighted by molar-refractivity contribution is 7.89. The molecule has 0 spiro atoms. The molecule has 0 aromatic heterocycles. The van der Waals surface area contributed by atoms with Crippen LogP contribution in [0.5, 0.6) is 0 Å². The van der Waals surface area contributed by atoms with Crippen LogP contribution in [0.4, 0.5) is 22.7 Å². The number of hydrogen-bond acceptors (Lipinski definition) is 10. The summed E-state index contributed by atoms with van der Waals surface area (Å²) >= 11 is 0. The van der Waals surface area contributed by atoms with Gasteiger partial charge in [-0.3, -0.25) is 9.11 Å². The SMILES string of the molecule is CN(C)c1ccc(N=NC2(N=Nc3ccc(N(C)C)cc3)C=CC(C=Cc3ccccc3S(=O)(=O)O)=C(S(=O)(=O)O)C2)cc1. The molecule has 0 aliphatic heterocycles. The number of hydrogen-bond donors (Lipinski definition) is 2. The lowest BCUT2D eigenvalue weighted by Crippen LogP contribution is -2.26. The lowest BCUT2D eigenvalue weighted by atomic mass is 9.97. The van der Waals surface area contributed by atoms with E-state index in [1.54, 1.807) is 30.3 Å². The van der Waals surface area contributed by atoms with Crippen LogP contribution < -0.4 is 9.80 Å². The molecule has 1 aliphatic rings. The summed E-state index contributed by atoms with van der Waals surface area (Å²) in [5, 5.41) is 17.4. The Bertz CT molecular complexity index is 1820. The molecule has 0 heterocycles. The van der Waals surface area contributed by atoms with Gasteiger partial charge < -0.3 is 9.80 Å². The van der Waals surface area contributed by atoms with Crippen LogP contribution in [0.3, 0.4) is 0 Å². The predicted molar refractivity (Wildman–Crippen MR) is 171 cm³/mol. The molecule has 3 aromatic rings. The first kappa shape index (κ1) is 32.4. The molecule has 0 fully saturated rings. The second kappa shape index (κ2) is 13.0. The van der Waals surface area contributed by atoms with E-state index in [1.165, 1.54) is 42.5 Å². The van der Waals surface area contributed by atoms with Gasteiger partial charge in [0.2, 0.25) is 5.66 Å². The highest BCUT2D eigenvalue weighted by atomic mass is 32.2. The molecule has 2 N–H and O–H groups in total. The Hall–Kier alpha value is -4.50. The first-order valence-electron chi connectivity index (χ1n) is 13.2. The summed E-state index contributed by atoms with van der Waals surface area (Å²) in [7, 11) is -1.72. The smallest absolute Gasteiger partial charge is 0.295 e. The van der Waals surface area contributed by atoms with E-state index in [4.69, 9.17) is 0 Å². The van der Waals surface area contributed by atoms with Crippen LogP contribution >= 0.6 is 0 Å². The number of allylic oxidation sites excluding steroid dienone is 3. The average molecular weight is 637 g/mol. The Morgan fingerprint density at radius 2 is 1.20 bits per heavy atom. The van der Waals surface area contributed by atoms with Gasteiger partial charge in [-0.2, -0.15) is 37.3 Å². The summed E-state index contributed by atoms with van der Waals surface area (Å²) in [6.07, 6.45) is 5.11. The van der Waals surface area contributed by atoms with Crippen molar-refractivity contribution in [2.75, 3.05) is 38.0 Å². The van der Waals surface area contributed by atoms with Gasteiger partial charge in [-0.05, 0) is 71.8 Å². The second-order valence-corrected chi connectivity index (χ2v) is 13.1. The van der Waals surface area contributed by atoms with Crippen molar-refractivity contribution in [3.8, 4) is 0 Å². The Morgan fingerprint density at radius 1 is 0.705 bits per heavy atom. The number of nitrogens with zero attached hydrogens (tertiary/aromatic N) is 6. The summed E-state index contributed by atoms with van der Waals surface area (Å²) in [6.45, 7) is 0. The summed E-state index contributed by atoms with van der Waals surface area (Å²) < 4.78 is 68.6. The minimum absolute atomic E-state index is 0.0596. The van der Waals surface area contributed by atoms with Gasteiger partial charge in [0, 0.05) is 46.0 Å². The molecule has 0 saturated heterocycles. The average Bonchev–Trinajstić information content (AvgIpc) is 2.98. The summed E-state index contributed by atoms with van der Waals surface area (Å²) in [5.74, 6) is 0. The Balaban J connectivity index is 1.77. The number of benzene rings is 3. The van der Waals surface area contributed by atoms with Gasteiger partial charge >= 0.3 is 0 Å². The van der Waals surface area contributed by atoms with E-state index in [2.05, 4.69) is 20.5 Å². The van der Waals surface area contributed by atoms with E-state index in [0.717, 1.165) is 11.4 Å². The van der Waals surface area contributed by atoms with Gasteiger partial charge in [-0.1, -0.05) is 36.4 Å². The van der Waals surface area contributed by atoms with Gasteiger partial charge in [0.05, 0.1) is 16.3 Å². The van der Waals surface area contributed by atoms with E-state index in [1.807, 2.05) is 62.3 Å². The van der Waals surface area contributed by atoms with Gasteiger partial charge in [0.25, 0.3) is 20.2 Å². The van der Waals surface area contributed by atoms with E-state index in [-0.39, 0.29) is 16.0 Å². The maximum atomic E-state index is 12.6. The molecule has 3 aromatic carbocycles. The van der Waals surface area contributed by atoms with Gasteiger partial charge in [-0.25, -0.2) is 0 Å².